The van der Waals surface area contributed by atoms with Gasteiger partial charge in [0.25, 0.3) is 0 Å². The predicted octanol–water partition coefficient (Wildman–Crippen LogP) is 3.58. The number of benzene rings is 1. The SMILES string of the molecule is CC(C)[C@H](Sc1nc2cc(F)c(F)cc2[nH]1)C(=O)N1CCCC1. The van der Waals surface area contributed by atoms with Crippen LogP contribution in [-0.4, -0.2) is 39.1 Å². The molecule has 1 aromatic heterocycles. The lowest BCUT2D eigenvalue weighted by molar-refractivity contribution is -0.130. The Morgan fingerprint density at radius 1 is 1.26 bits per heavy atom. The van der Waals surface area contributed by atoms with E-state index in [1.165, 1.54) is 11.8 Å². The van der Waals surface area contributed by atoms with Crippen molar-refractivity contribution in [1.82, 2.24) is 14.9 Å². The molecule has 1 N–H and O–H groups in total. The third-order valence-corrected chi connectivity index (χ3v) is 5.42. The van der Waals surface area contributed by atoms with Crippen molar-refractivity contribution in [3.63, 3.8) is 0 Å². The summed E-state index contributed by atoms with van der Waals surface area (Å²) < 4.78 is 26.6. The molecule has 1 fully saturated rings. The molecule has 0 spiro atoms. The number of thioether (sulfide) groups is 1. The second kappa shape index (κ2) is 6.47. The summed E-state index contributed by atoms with van der Waals surface area (Å²) in [5, 5.41) is 0.250. The number of nitrogens with zero attached hydrogens (tertiary/aromatic N) is 2. The van der Waals surface area contributed by atoms with Gasteiger partial charge in [0, 0.05) is 25.2 Å². The lowest BCUT2D eigenvalue weighted by atomic mass is 10.1. The van der Waals surface area contributed by atoms with Crippen LogP contribution in [0.25, 0.3) is 11.0 Å². The second-order valence-corrected chi connectivity index (χ2v) is 7.27. The highest BCUT2D eigenvalue weighted by atomic mass is 32.2. The third-order valence-electron chi connectivity index (χ3n) is 4.01. The highest BCUT2D eigenvalue weighted by Crippen LogP contribution is 2.30. The van der Waals surface area contributed by atoms with Crippen LogP contribution >= 0.6 is 11.8 Å². The number of hydrogen-bond donors (Lipinski definition) is 1. The Labute approximate surface area is 137 Å². The second-order valence-electron chi connectivity index (χ2n) is 6.14. The Morgan fingerprint density at radius 2 is 1.91 bits per heavy atom. The van der Waals surface area contributed by atoms with E-state index in [9.17, 15) is 13.6 Å². The van der Waals surface area contributed by atoms with Crippen molar-refractivity contribution < 1.29 is 13.6 Å². The molecule has 1 aliphatic heterocycles. The van der Waals surface area contributed by atoms with Gasteiger partial charge in [-0.05, 0) is 18.8 Å². The number of amides is 1. The van der Waals surface area contributed by atoms with Crippen LogP contribution in [0.5, 0.6) is 0 Å². The van der Waals surface area contributed by atoms with E-state index in [0.717, 1.165) is 38.1 Å². The van der Waals surface area contributed by atoms with Gasteiger partial charge in [-0.3, -0.25) is 4.79 Å². The van der Waals surface area contributed by atoms with Crippen molar-refractivity contribution in [2.45, 2.75) is 37.1 Å². The Morgan fingerprint density at radius 3 is 2.57 bits per heavy atom. The zero-order valence-electron chi connectivity index (χ0n) is 13.1. The van der Waals surface area contributed by atoms with E-state index in [1.807, 2.05) is 18.7 Å². The summed E-state index contributed by atoms with van der Waals surface area (Å²) in [7, 11) is 0. The van der Waals surface area contributed by atoms with Gasteiger partial charge in [0.1, 0.15) is 0 Å². The minimum atomic E-state index is -0.922. The summed E-state index contributed by atoms with van der Waals surface area (Å²) in [6, 6.07) is 2.16. The number of hydrogen-bond acceptors (Lipinski definition) is 3. The van der Waals surface area contributed by atoms with Gasteiger partial charge in [-0.2, -0.15) is 0 Å². The molecule has 0 aliphatic carbocycles. The molecule has 4 nitrogen and oxygen atoms in total. The molecule has 7 heteroatoms. The number of carbonyl (C=O) groups is 1. The molecule has 3 rings (SSSR count). The molecule has 0 saturated carbocycles. The maximum Gasteiger partial charge on any atom is 0.236 e. The molecule has 2 heterocycles. The number of H-pyrrole nitrogens is 1. The molecular formula is C16H19F2N3OS. The maximum absolute atomic E-state index is 13.3. The largest absolute Gasteiger partial charge is 0.342 e. The monoisotopic (exact) mass is 339 g/mol. The number of aromatic nitrogens is 2. The topological polar surface area (TPSA) is 49.0 Å². The zero-order valence-corrected chi connectivity index (χ0v) is 13.9. The first-order chi connectivity index (χ1) is 11.0. The van der Waals surface area contributed by atoms with E-state index in [0.29, 0.717) is 16.2 Å². The number of nitrogens with one attached hydrogen (secondary N) is 1. The van der Waals surface area contributed by atoms with Gasteiger partial charge in [-0.1, -0.05) is 25.6 Å². The molecule has 1 amide bonds. The minimum Gasteiger partial charge on any atom is -0.342 e. The molecule has 0 radical (unpaired) electrons. The van der Waals surface area contributed by atoms with Crippen molar-refractivity contribution in [2.75, 3.05) is 13.1 Å². The number of aromatic amines is 1. The van der Waals surface area contributed by atoms with Gasteiger partial charge >= 0.3 is 0 Å². The Balaban J connectivity index is 1.83. The lowest BCUT2D eigenvalue weighted by Crippen LogP contribution is -2.38. The highest BCUT2D eigenvalue weighted by Gasteiger charge is 2.30. The molecule has 1 atom stereocenters. The van der Waals surface area contributed by atoms with Crippen molar-refractivity contribution in [3.8, 4) is 0 Å². The third kappa shape index (κ3) is 3.34. The fraction of sp³-hybridized carbons (Fsp3) is 0.500. The number of imidazole rings is 1. The quantitative estimate of drug-likeness (QED) is 0.866. The first-order valence-corrected chi connectivity index (χ1v) is 8.64. The van der Waals surface area contributed by atoms with E-state index >= 15 is 0 Å². The summed E-state index contributed by atoms with van der Waals surface area (Å²) in [5.74, 6) is -1.59. The number of fused-ring (bicyclic) bond motifs is 1. The zero-order chi connectivity index (χ0) is 16.6. The summed E-state index contributed by atoms with van der Waals surface area (Å²) in [4.78, 5) is 21.8. The average Bonchev–Trinajstić information content (AvgIpc) is 3.13. The summed E-state index contributed by atoms with van der Waals surface area (Å²) in [6.45, 7) is 5.60. The first-order valence-electron chi connectivity index (χ1n) is 7.76. The smallest absolute Gasteiger partial charge is 0.236 e. The molecule has 0 unspecified atom stereocenters. The van der Waals surface area contributed by atoms with Gasteiger partial charge < -0.3 is 9.88 Å². The number of halogens is 2. The summed E-state index contributed by atoms with van der Waals surface area (Å²) in [5.41, 5.74) is 0.796. The molecule has 1 aromatic carbocycles. The molecule has 124 valence electrons. The molecule has 2 aromatic rings. The Kier molecular flexibility index (Phi) is 4.57. The van der Waals surface area contributed by atoms with Gasteiger partial charge in [0.15, 0.2) is 16.8 Å². The number of rotatable bonds is 4. The van der Waals surface area contributed by atoms with Crippen LogP contribution in [-0.2, 0) is 4.79 Å². The van der Waals surface area contributed by atoms with Gasteiger partial charge in [-0.25, -0.2) is 13.8 Å². The van der Waals surface area contributed by atoms with E-state index < -0.39 is 11.6 Å². The van der Waals surface area contributed by atoms with E-state index in [2.05, 4.69) is 9.97 Å². The standard InChI is InChI=1S/C16H19F2N3OS/c1-9(2)14(15(22)21-5-3-4-6-21)23-16-19-12-7-10(17)11(18)8-13(12)20-16/h7-9,14H,3-6H2,1-2H3,(H,19,20)/t14-/m0/s1. The Hall–Kier alpha value is -1.63. The van der Waals surface area contributed by atoms with Gasteiger partial charge in [0.05, 0.1) is 16.3 Å². The van der Waals surface area contributed by atoms with Crippen molar-refractivity contribution in [2.24, 2.45) is 5.92 Å². The van der Waals surface area contributed by atoms with Crippen LogP contribution < -0.4 is 0 Å². The van der Waals surface area contributed by atoms with Gasteiger partial charge in [-0.15, -0.1) is 0 Å². The van der Waals surface area contributed by atoms with Crippen LogP contribution in [0.3, 0.4) is 0 Å². The molecule has 23 heavy (non-hydrogen) atoms. The van der Waals surface area contributed by atoms with E-state index in [4.69, 9.17) is 0 Å². The normalized spacial score (nSPS) is 16.5. The van der Waals surface area contributed by atoms with Crippen molar-refractivity contribution >= 4 is 28.7 Å². The maximum atomic E-state index is 13.3. The van der Waals surface area contributed by atoms with Crippen LogP contribution in [0.15, 0.2) is 17.3 Å². The van der Waals surface area contributed by atoms with Crippen LogP contribution in [0.4, 0.5) is 8.78 Å². The summed E-state index contributed by atoms with van der Waals surface area (Å²) in [6.07, 6.45) is 2.09. The molecule has 1 aliphatic rings. The van der Waals surface area contributed by atoms with Crippen molar-refractivity contribution in [1.29, 1.82) is 0 Å². The van der Waals surface area contributed by atoms with E-state index in [-0.39, 0.29) is 17.1 Å². The van der Waals surface area contributed by atoms with E-state index in [1.54, 1.807) is 0 Å². The fourth-order valence-corrected chi connectivity index (χ4v) is 3.83. The predicted molar refractivity (Wildman–Crippen MR) is 86.3 cm³/mol. The highest BCUT2D eigenvalue weighted by molar-refractivity contribution is 8.00. The summed E-state index contributed by atoms with van der Waals surface area (Å²) >= 11 is 1.33. The molecule has 0 bridgehead atoms. The molecule has 1 saturated heterocycles. The number of likely N-dealkylation sites (tertiary alicyclic amines) is 1. The molecular weight excluding hydrogens is 320 g/mol. The van der Waals surface area contributed by atoms with Crippen LogP contribution in [0.2, 0.25) is 0 Å². The number of carbonyl (C=O) groups excluding carboxylic acids is 1. The van der Waals surface area contributed by atoms with Gasteiger partial charge in [0.2, 0.25) is 5.91 Å². The van der Waals surface area contributed by atoms with Crippen molar-refractivity contribution in [3.05, 3.63) is 23.8 Å². The first kappa shape index (κ1) is 16.2. The average molecular weight is 339 g/mol. The Bertz CT molecular complexity index is 686. The van der Waals surface area contributed by atoms with Crippen LogP contribution in [0, 0.1) is 17.6 Å². The minimum absolute atomic E-state index is 0.111. The fourth-order valence-electron chi connectivity index (χ4n) is 2.75. The lowest BCUT2D eigenvalue weighted by Gasteiger charge is -2.24. The van der Waals surface area contributed by atoms with Crippen LogP contribution in [0.1, 0.15) is 26.7 Å².